The maximum Gasteiger partial charge on any atom is 0.384 e. The molecule has 0 saturated heterocycles. The molecule has 0 saturated carbocycles. The molecular weight excluding hydrogens is 352 g/mol. The third-order valence-corrected chi connectivity index (χ3v) is 5.24. The fraction of sp³-hybridized carbons (Fsp3) is 0.136. The Kier molecular flexibility index (Phi) is 3.83. The first kappa shape index (κ1) is 16.5. The van der Waals surface area contributed by atoms with E-state index < -0.39 is 5.69 Å². The van der Waals surface area contributed by atoms with Crippen molar-refractivity contribution in [3.8, 4) is 11.1 Å². The summed E-state index contributed by atoms with van der Waals surface area (Å²) in [4.78, 5) is 22.5. The standard InChI is InChI=1S/C22H18N4O2/c27-22-24-21(19-7-4-11-23-20(19)26(22)28)25-12-10-16-8-9-17(13-18(16)14-25)15-5-2-1-3-6-15/h1-9,11,13,28H,10,12,14H2. The normalized spacial score (nSPS) is 13.5. The minimum atomic E-state index is -0.718. The van der Waals surface area contributed by atoms with Gasteiger partial charge in [0.2, 0.25) is 0 Å². The fourth-order valence-electron chi connectivity index (χ4n) is 3.82. The van der Waals surface area contributed by atoms with Gasteiger partial charge >= 0.3 is 5.69 Å². The largest absolute Gasteiger partial charge is 0.422 e. The van der Waals surface area contributed by atoms with E-state index in [1.807, 2.05) is 24.3 Å². The number of nitrogens with zero attached hydrogens (tertiary/aromatic N) is 4. The molecule has 3 heterocycles. The van der Waals surface area contributed by atoms with Crippen molar-refractivity contribution in [2.75, 3.05) is 11.4 Å². The van der Waals surface area contributed by atoms with Crippen LogP contribution < -0.4 is 10.6 Å². The molecule has 0 spiro atoms. The van der Waals surface area contributed by atoms with Crippen LogP contribution in [0.25, 0.3) is 22.2 Å². The Morgan fingerprint density at radius 1 is 0.929 bits per heavy atom. The van der Waals surface area contributed by atoms with E-state index in [4.69, 9.17) is 0 Å². The Balaban J connectivity index is 1.57. The van der Waals surface area contributed by atoms with E-state index in [9.17, 15) is 10.0 Å². The van der Waals surface area contributed by atoms with Gasteiger partial charge in [-0.15, -0.1) is 4.73 Å². The zero-order valence-electron chi connectivity index (χ0n) is 15.1. The van der Waals surface area contributed by atoms with Crippen molar-refractivity contribution in [2.24, 2.45) is 0 Å². The van der Waals surface area contributed by atoms with Gasteiger partial charge in [-0.25, -0.2) is 9.78 Å². The number of aromatic nitrogens is 3. The van der Waals surface area contributed by atoms with Crippen LogP contribution in [0.15, 0.2) is 71.7 Å². The molecule has 1 aliphatic rings. The molecule has 138 valence electrons. The second kappa shape index (κ2) is 6.49. The third kappa shape index (κ3) is 2.70. The zero-order valence-corrected chi connectivity index (χ0v) is 15.1. The third-order valence-electron chi connectivity index (χ3n) is 5.24. The summed E-state index contributed by atoms with van der Waals surface area (Å²) < 4.78 is 0.504. The van der Waals surface area contributed by atoms with Crippen LogP contribution in [0.4, 0.5) is 5.82 Å². The summed E-state index contributed by atoms with van der Waals surface area (Å²) in [6.45, 7) is 1.41. The van der Waals surface area contributed by atoms with E-state index in [2.05, 4.69) is 45.2 Å². The maximum absolute atomic E-state index is 12.1. The van der Waals surface area contributed by atoms with Crippen molar-refractivity contribution in [3.63, 3.8) is 0 Å². The lowest BCUT2D eigenvalue weighted by Gasteiger charge is -2.30. The summed E-state index contributed by atoms with van der Waals surface area (Å²) >= 11 is 0. The molecule has 1 N–H and O–H groups in total. The van der Waals surface area contributed by atoms with Gasteiger partial charge in [0.25, 0.3) is 0 Å². The van der Waals surface area contributed by atoms with Crippen LogP contribution in [0.1, 0.15) is 11.1 Å². The van der Waals surface area contributed by atoms with Crippen LogP contribution in [-0.4, -0.2) is 26.5 Å². The number of hydrogen-bond donors (Lipinski definition) is 1. The summed E-state index contributed by atoms with van der Waals surface area (Å²) in [6.07, 6.45) is 2.42. The second-order valence-corrected chi connectivity index (χ2v) is 6.93. The van der Waals surface area contributed by atoms with Gasteiger partial charge in [0.1, 0.15) is 5.82 Å². The average molecular weight is 370 g/mol. The fourth-order valence-corrected chi connectivity index (χ4v) is 3.82. The molecule has 28 heavy (non-hydrogen) atoms. The van der Waals surface area contributed by atoms with Crippen molar-refractivity contribution in [1.29, 1.82) is 0 Å². The topological polar surface area (TPSA) is 71.2 Å². The molecule has 0 amide bonds. The summed E-state index contributed by atoms with van der Waals surface area (Å²) in [7, 11) is 0. The van der Waals surface area contributed by atoms with Gasteiger partial charge in [-0.3, -0.25) is 0 Å². The molecule has 6 nitrogen and oxygen atoms in total. The molecule has 0 aliphatic carbocycles. The number of hydrogen-bond acceptors (Lipinski definition) is 5. The summed E-state index contributed by atoms with van der Waals surface area (Å²) in [6, 6.07) is 20.5. The predicted molar refractivity (Wildman–Crippen MR) is 108 cm³/mol. The number of benzene rings is 2. The Hall–Kier alpha value is -3.67. The van der Waals surface area contributed by atoms with E-state index in [1.54, 1.807) is 12.3 Å². The molecule has 2 aromatic heterocycles. The van der Waals surface area contributed by atoms with Crippen LogP contribution in [0.2, 0.25) is 0 Å². The zero-order chi connectivity index (χ0) is 19.1. The highest BCUT2D eigenvalue weighted by Gasteiger charge is 2.22. The SMILES string of the molecule is O=c1nc(N2CCc3ccc(-c4ccccc4)cc3C2)c2cccnc2n1O. The van der Waals surface area contributed by atoms with E-state index in [0.29, 0.717) is 22.5 Å². The highest BCUT2D eigenvalue weighted by Crippen LogP contribution is 2.30. The maximum atomic E-state index is 12.1. The highest BCUT2D eigenvalue weighted by molar-refractivity contribution is 5.87. The molecule has 0 atom stereocenters. The molecule has 2 aromatic carbocycles. The van der Waals surface area contributed by atoms with Crippen molar-refractivity contribution in [2.45, 2.75) is 13.0 Å². The Morgan fingerprint density at radius 2 is 1.79 bits per heavy atom. The molecule has 1 aliphatic heterocycles. The summed E-state index contributed by atoms with van der Waals surface area (Å²) in [5.74, 6) is 0.564. The minimum Gasteiger partial charge on any atom is -0.422 e. The predicted octanol–water partition coefficient (Wildman–Crippen LogP) is 3.26. The number of fused-ring (bicyclic) bond motifs is 2. The lowest BCUT2D eigenvalue weighted by Crippen LogP contribution is -2.34. The molecule has 0 radical (unpaired) electrons. The average Bonchev–Trinajstić information content (AvgIpc) is 2.76. The van der Waals surface area contributed by atoms with E-state index in [1.165, 1.54) is 22.3 Å². The number of pyridine rings is 1. The minimum absolute atomic E-state index is 0.223. The Morgan fingerprint density at radius 3 is 2.64 bits per heavy atom. The monoisotopic (exact) mass is 370 g/mol. The quantitative estimate of drug-likeness (QED) is 0.549. The first-order valence-electron chi connectivity index (χ1n) is 9.20. The van der Waals surface area contributed by atoms with Crippen molar-refractivity contribution in [1.82, 2.24) is 14.7 Å². The Labute approximate surface area is 161 Å². The van der Waals surface area contributed by atoms with Gasteiger partial charge in [0, 0.05) is 19.3 Å². The first-order valence-corrected chi connectivity index (χ1v) is 9.20. The van der Waals surface area contributed by atoms with Gasteiger partial charge < -0.3 is 10.1 Å². The lowest BCUT2D eigenvalue weighted by atomic mass is 9.94. The molecule has 0 fully saturated rings. The Bertz CT molecular complexity index is 1230. The molecule has 4 aromatic rings. The van der Waals surface area contributed by atoms with Gasteiger partial charge in [-0.2, -0.15) is 4.98 Å². The molecule has 6 heteroatoms. The van der Waals surface area contributed by atoms with Crippen LogP contribution in [0.5, 0.6) is 0 Å². The smallest absolute Gasteiger partial charge is 0.384 e. The number of rotatable bonds is 2. The van der Waals surface area contributed by atoms with Gasteiger partial charge in [-0.05, 0) is 46.9 Å². The summed E-state index contributed by atoms with van der Waals surface area (Å²) in [5, 5.41) is 10.6. The second-order valence-electron chi connectivity index (χ2n) is 6.93. The molecule has 0 bridgehead atoms. The van der Waals surface area contributed by atoms with Gasteiger partial charge in [0.15, 0.2) is 5.65 Å². The van der Waals surface area contributed by atoms with Crippen LogP contribution in [0, 0.1) is 0 Å². The van der Waals surface area contributed by atoms with Gasteiger partial charge in [0.05, 0.1) is 5.39 Å². The van der Waals surface area contributed by atoms with Gasteiger partial charge in [-0.1, -0.05) is 42.5 Å². The van der Waals surface area contributed by atoms with Crippen molar-refractivity contribution in [3.05, 3.63) is 88.5 Å². The summed E-state index contributed by atoms with van der Waals surface area (Å²) in [5.41, 5.74) is 4.39. The van der Waals surface area contributed by atoms with Crippen LogP contribution >= 0.6 is 0 Å². The van der Waals surface area contributed by atoms with Crippen LogP contribution in [0.3, 0.4) is 0 Å². The molecular formula is C22H18N4O2. The van der Waals surface area contributed by atoms with Crippen molar-refractivity contribution >= 4 is 16.9 Å². The van der Waals surface area contributed by atoms with E-state index in [-0.39, 0.29) is 5.65 Å². The molecule has 0 unspecified atom stereocenters. The first-order chi connectivity index (χ1) is 13.7. The molecule has 5 rings (SSSR count). The highest BCUT2D eigenvalue weighted by atomic mass is 16.5. The van der Waals surface area contributed by atoms with E-state index in [0.717, 1.165) is 13.0 Å². The van der Waals surface area contributed by atoms with Crippen molar-refractivity contribution < 1.29 is 5.21 Å². The number of anilines is 1. The van der Waals surface area contributed by atoms with E-state index >= 15 is 0 Å². The van der Waals surface area contributed by atoms with Crippen LogP contribution in [-0.2, 0) is 13.0 Å². The lowest BCUT2D eigenvalue weighted by molar-refractivity contribution is 0.182.